The molecule has 198 valence electrons. The van der Waals surface area contributed by atoms with Crippen molar-refractivity contribution in [2.45, 2.75) is 26.1 Å². The van der Waals surface area contributed by atoms with Gasteiger partial charge in [-0.15, -0.1) is 0 Å². The molecule has 0 unspecified atom stereocenters. The number of fused-ring (bicyclic) bond motifs is 1. The lowest BCUT2D eigenvalue weighted by Gasteiger charge is -2.14. The van der Waals surface area contributed by atoms with Gasteiger partial charge in [-0.3, -0.25) is 4.79 Å². The zero-order valence-corrected chi connectivity index (χ0v) is 20.5. The summed E-state index contributed by atoms with van der Waals surface area (Å²) in [4.78, 5) is 25.0. The van der Waals surface area contributed by atoms with Gasteiger partial charge in [0.2, 0.25) is 11.2 Å². The van der Waals surface area contributed by atoms with Gasteiger partial charge in [0, 0.05) is 11.6 Å². The van der Waals surface area contributed by atoms with Gasteiger partial charge in [0.1, 0.15) is 29.4 Å². The van der Waals surface area contributed by atoms with Crippen LogP contribution in [0.25, 0.3) is 11.0 Å². The summed E-state index contributed by atoms with van der Waals surface area (Å²) in [5, 5.41) is -0.127. The molecule has 7 nitrogen and oxygen atoms in total. The van der Waals surface area contributed by atoms with Crippen LogP contribution in [0.1, 0.15) is 35.0 Å². The van der Waals surface area contributed by atoms with Crippen LogP contribution in [-0.2, 0) is 17.5 Å². The lowest BCUT2D eigenvalue weighted by Crippen LogP contribution is -2.15. The first-order valence-electron chi connectivity index (χ1n) is 11.6. The number of carbonyl (C=O) groups is 1. The van der Waals surface area contributed by atoms with Crippen molar-refractivity contribution in [2.75, 3.05) is 13.7 Å². The summed E-state index contributed by atoms with van der Waals surface area (Å²) in [7, 11) is 1.51. The van der Waals surface area contributed by atoms with Crippen LogP contribution in [0, 0.1) is 0 Å². The molecule has 0 fully saturated rings. The van der Waals surface area contributed by atoms with Gasteiger partial charge in [0.05, 0.1) is 24.7 Å². The Kier molecular flexibility index (Phi) is 7.90. The highest BCUT2D eigenvalue weighted by Crippen LogP contribution is 2.38. The molecular weight excluding hydrogens is 505 g/mol. The predicted molar refractivity (Wildman–Crippen MR) is 132 cm³/mol. The highest BCUT2D eigenvalue weighted by atomic mass is 19.4. The quantitative estimate of drug-likeness (QED) is 0.222. The van der Waals surface area contributed by atoms with E-state index in [1.807, 2.05) is 6.92 Å². The van der Waals surface area contributed by atoms with Crippen molar-refractivity contribution in [3.8, 4) is 23.0 Å². The number of rotatable bonds is 9. The molecule has 10 heteroatoms. The summed E-state index contributed by atoms with van der Waals surface area (Å²) < 4.78 is 68.1. The van der Waals surface area contributed by atoms with E-state index in [9.17, 15) is 22.8 Å². The van der Waals surface area contributed by atoms with Crippen LogP contribution in [0.2, 0.25) is 0 Å². The van der Waals surface area contributed by atoms with Gasteiger partial charge in [-0.05, 0) is 48.9 Å². The number of methoxy groups -OCH3 is 1. The highest BCUT2D eigenvalue weighted by molar-refractivity contribution is 5.89. The summed E-state index contributed by atoms with van der Waals surface area (Å²) in [5.41, 5.74) is -0.420. The summed E-state index contributed by atoms with van der Waals surface area (Å²) in [6, 6.07) is 16.3. The molecule has 0 N–H and O–H groups in total. The number of halogens is 3. The summed E-state index contributed by atoms with van der Waals surface area (Å²) in [6.45, 7) is 2.15. The van der Waals surface area contributed by atoms with Gasteiger partial charge >= 0.3 is 12.1 Å². The summed E-state index contributed by atoms with van der Waals surface area (Å²) in [5.74, 6) is -2.50. The monoisotopic (exact) mass is 528 g/mol. The van der Waals surface area contributed by atoms with Crippen molar-refractivity contribution in [3.05, 3.63) is 93.8 Å². The first-order valence-corrected chi connectivity index (χ1v) is 11.6. The van der Waals surface area contributed by atoms with E-state index in [1.54, 1.807) is 24.3 Å². The Morgan fingerprint density at radius 1 is 0.974 bits per heavy atom. The van der Waals surface area contributed by atoms with Crippen LogP contribution in [0.3, 0.4) is 0 Å². The van der Waals surface area contributed by atoms with Gasteiger partial charge in [0.25, 0.3) is 5.76 Å². The van der Waals surface area contributed by atoms with E-state index in [0.29, 0.717) is 12.2 Å². The van der Waals surface area contributed by atoms with Crippen LogP contribution in [0.5, 0.6) is 23.0 Å². The minimum Gasteiger partial charge on any atom is -0.496 e. The van der Waals surface area contributed by atoms with Crippen molar-refractivity contribution in [1.29, 1.82) is 0 Å². The fraction of sp³-hybridized carbons (Fsp3) is 0.214. The second-order valence-corrected chi connectivity index (χ2v) is 8.11. The molecule has 1 heterocycles. The predicted octanol–water partition coefficient (Wildman–Crippen LogP) is 6.76. The number of ether oxygens (including phenoxy) is 4. The normalized spacial score (nSPS) is 11.3. The number of hydrogen-bond acceptors (Lipinski definition) is 7. The average molecular weight is 528 g/mol. The third-order valence-electron chi connectivity index (χ3n) is 5.41. The van der Waals surface area contributed by atoms with E-state index in [0.717, 1.165) is 5.56 Å². The largest absolute Gasteiger partial charge is 0.496 e. The van der Waals surface area contributed by atoms with Gasteiger partial charge in [-0.2, -0.15) is 13.2 Å². The molecule has 0 saturated carbocycles. The Morgan fingerprint density at radius 3 is 2.37 bits per heavy atom. The molecule has 38 heavy (non-hydrogen) atoms. The van der Waals surface area contributed by atoms with E-state index in [1.165, 1.54) is 49.6 Å². The molecule has 3 aromatic carbocycles. The second-order valence-electron chi connectivity index (χ2n) is 8.11. The maximum absolute atomic E-state index is 13.9. The van der Waals surface area contributed by atoms with Gasteiger partial charge in [0.15, 0.2) is 0 Å². The molecular formula is C28H23F3O7. The second kappa shape index (κ2) is 11.3. The molecule has 4 rings (SSSR count). The SMILES string of the molecule is CCCOC(=O)c1ccc(Oc2c(C(F)(F)F)oc3cc(OCc4ccccc4OC)ccc3c2=O)cc1. The van der Waals surface area contributed by atoms with Crippen LogP contribution < -0.4 is 19.6 Å². The van der Waals surface area contributed by atoms with Crippen molar-refractivity contribution < 1.29 is 41.3 Å². The highest BCUT2D eigenvalue weighted by Gasteiger charge is 2.40. The smallest absolute Gasteiger partial charge is 0.453 e. The van der Waals surface area contributed by atoms with E-state index < -0.39 is 29.1 Å². The number of benzene rings is 3. The first kappa shape index (κ1) is 26.6. The zero-order valence-electron chi connectivity index (χ0n) is 20.5. The Labute approximate surface area is 215 Å². The number of alkyl halides is 3. The fourth-order valence-corrected chi connectivity index (χ4v) is 3.56. The Balaban J connectivity index is 1.64. The first-order chi connectivity index (χ1) is 18.2. The standard InChI is InChI=1S/C28H23F3O7/c1-3-14-35-27(33)17-8-10-19(11-9-17)37-25-24(32)21-13-12-20(15-23(21)38-26(25)28(29,30)31)36-16-18-6-4-5-7-22(18)34-2/h4-13,15H,3,14,16H2,1-2H3. The van der Waals surface area contributed by atoms with E-state index in [4.69, 9.17) is 23.4 Å². The van der Waals surface area contributed by atoms with Gasteiger partial charge in [-0.1, -0.05) is 25.1 Å². The molecule has 4 aromatic rings. The van der Waals surface area contributed by atoms with E-state index >= 15 is 0 Å². The van der Waals surface area contributed by atoms with Crippen LogP contribution in [0.4, 0.5) is 13.2 Å². The lowest BCUT2D eigenvalue weighted by molar-refractivity contribution is -0.154. The third kappa shape index (κ3) is 5.91. The minimum atomic E-state index is -5.03. The molecule has 0 spiro atoms. The van der Waals surface area contributed by atoms with Crippen molar-refractivity contribution in [1.82, 2.24) is 0 Å². The number of carbonyl (C=O) groups excluding carboxylic acids is 1. The van der Waals surface area contributed by atoms with E-state index in [2.05, 4.69) is 0 Å². The maximum Gasteiger partial charge on any atom is 0.453 e. The fourth-order valence-electron chi connectivity index (χ4n) is 3.56. The third-order valence-corrected chi connectivity index (χ3v) is 5.41. The molecule has 0 bridgehead atoms. The Morgan fingerprint density at radius 2 is 1.68 bits per heavy atom. The van der Waals surface area contributed by atoms with Gasteiger partial charge in [-0.25, -0.2) is 4.79 Å². The van der Waals surface area contributed by atoms with Crippen LogP contribution >= 0.6 is 0 Å². The molecule has 0 saturated heterocycles. The van der Waals surface area contributed by atoms with Gasteiger partial charge < -0.3 is 23.4 Å². The van der Waals surface area contributed by atoms with E-state index in [-0.39, 0.29) is 41.2 Å². The number of hydrogen-bond donors (Lipinski definition) is 0. The molecule has 0 radical (unpaired) electrons. The molecule has 0 aliphatic rings. The number of esters is 1. The van der Waals surface area contributed by atoms with Crippen molar-refractivity contribution in [2.24, 2.45) is 0 Å². The summed E-state index contributed by atoms with van der Waals surface area (Å²) >= 11 is 0. The van der Waals surface area contributed by atoms with Crippen molar-refractivity contribution in [3.63, 3.8) is 0 Å². The lowest BCUT2D eigenvalue weighted by atomic mass is 10.2. The number of para-hydroxylation sites is 1. The van der Waals surface area contributed by atoms with Crippen molar-refractivity contribution >= 4 is 16.9 Å². The molecule has 0 aliphatic heterocycles. The molecule has 0 amide bonds. The summed E-state index contributed by atoms with van der Waals surface area (Å²) in [6.07, 6.45) is -4.39. The van der Waals surface area contributed by atoms with Crippen LogP contribution in [0.15, 0.2) is 75.9 Å². The molecule has 0 aliphatic carbocycles. The topological polar surface area (TPSA) is 84.2 Å². The maximum atomic E-state index is 13.9. The Hall–Kier alpha value is -4.47. The Bertz CT molecular complexity index is 1490. The van der Waals surface area contributed by atoms with Crippen LogP contribution in [-0.4, -0.2) is 19.7 Å². The molecule has 1 aromatic heterocycles. The average Bonchev–Trinajstić information content (AvgIpc) is 2.91. The minimum absolute atomic E-state index is 0.0784. The zero-order chi connectivity index (χ0) is 27.3. The molecule has 0 atom stereocenters.